The lowest BCUT2D eigenvalue weighted by Crippen LogP contribution is -2.36. The molecule has 0 saturated carbocycles. The maximum absolute atomic E-state index is 9.66. The van der Waals surface area contributed by atoms with E-state index in [1.54, 1.807) is 0 Å². The van der Waals surface area contributed by atoms with E-state index in [2.05, 4.69) is 4.99 Å². The number of hydroxylamine groups is 2. The molecule has 21 heavy (non-hydrogen) atoms. The molecule has 1 aliphatic rings. The van der Waals surface area contributed by atoms with Crippen molar-refractivity contribution in [2.45, 2.75) is 6.61 Å². The molecule has 6 heteroatoms. The zero-order valence-corrected chi connectivity index (χ0v) is 12.0. The Labute approximate surface area is 126 Å². The fourth-order valence-corrected chi connectivity index (χ4v) is 2.63. The third-order valence-electron chi connectivity index (χ3n) is 2.97. The Kier molecular flexibility index (Phi) is 3.89. The fourth-order valence-electron chi connectivity index (χ4n) is 1.92. The first-order valence-electron chi connectivity index (χ1n) is 6.42. The summed E-state index contributed by atoms with van der Waals surface area (Å²) >= 11 is 1.49. The Bertz CT molecular complexity index is 665. The standard InChI is InChI=1S/C15H14N2O3S/c18-12-9-17(20-10-11-5-2-1-3-6-11)14(16-15(12)19)13-7-4-8-21-13/h1-8,18-19H,9-10H2. The molecule has 0 radical (unpaired) electrons. The summed E-state index contributed by atoms with van der Waals surface area (Å²) in [6.45, 7) is 0.425. The van der Waals surface area contributed by atoms with Crippen LogP contribution < -0.4 is 0 Å². The first-order valence-corrected chi connectivity index (χ1v) is 7.30. The second kappa shape index (κ2) is 5.99. The topological polar surface area (TPSA) is 65.3 Å². The minimum Gasteiger partial charge on any atom is -0.505 e. The summed E-state index contributed by atoms with van der Waals surface area (Å²) in [5.74, 6) is -0.0717. The maximum Gasteiger partial charge on any atom is 0.253 e. The number of hydrogen-bond donors (Lipinski definition) is 2. The number of benzene rings is 1. The predicted molar refractivity (Wildman–Crippen MR) is 81.1 cm³/mol. The van der Waals surface area contributed by atoms with Crippen LogP contribution >= 0.6 is 11.3 Å². The van der Waals surface area contributed by atoms with E-state index in [-0.39, 0.29) is 18.2 Å². The number of rotatable bonds is 4. The molecule has 2 heterocycles. The molecule has 2 aromatic rings. The van der Waals surface area contributed by atoms with Gasteiger partial charge in [0.25, 0.3) is 5.88 Å². The normalized spacial score (nSPS) is 15.2. The van der Waals surface area contributed by atoms with Crippen molar-refractivity contribution < 1.29 is 15.1 Å². The molecule has 3 rings (SSSR count). The summed E-state index contributed by atoms with van der Waals surface area (Å²) in [5.41, 5.74) is 1.02. The van der Waals surface area contributed by atoms with Gasteiger partial charge in [0.1, 0.15) is 6.54 Å². The number of aliphatic hydroxyl groups is 2. The number of thiophene rings is 1. The van der Waals surface area contributed by atoms with Crippen molar-refractivity contribution in [3.8, 4) is 0 Å². The van der Waals surface area contributed by atoms with Crippen molar-refractivity contribution >= 4 is 17.2 Å². The molecule has 0 bridgehead atoms. The van der Waals surface area contributed by atoms with Crippen LogP contribution in [0.1, 0.15) is 10.4 Å². The summed E-state index contributed by atoms with van der Waals surface area (Å²) in [6, 6.07) is 13.5. The highest BCUT2D eigenvalue weighted by atomic mass is 32.1. The zero-order chi connectivity index (χ0) is 14.7. The summed E-state index contributed by atoms with van der Waals surface area (Å²) in [4.78, 5) is 10.6. The van der Waals surface area contributed by atoms with E-state index >= 15 is 0 Å². The molecule has 0 aliphatic carbocycles. The SMILES string of the molecule is OC1=C(O)N=C(c2cccs2)N(OCc2ccccc2)C1. The van der Waals surface area contributed by atoms with Crippen LogP contribution in [0.4, 0.5) is 0 Å². The Hall–Kier alpha value is -2.31. The lowest BCUT2D eigenvalue weighted by molar-refractivity contribution is -0.111. The van der Waals surface area contributed by atoms with Gasteiger partial charge in [-0.25, -0.2) is 5.06 Å². The molecule has 5 nitrogen and oxygen atoms in total. The minimum atomic E-state index is -0.363. The van der Waals surface area contributed by atoms with Crippen LogP contribution in [-0.2, 0) is 11.4 Å². The van der Waals surface area contributed by atoms with Gasteiger partial charge < -0.3 is 10.2 Å². The van der Waals surface area contributed by atoms with Gasteiger partial charge in [-0.3, -0.25) is 4.84 Å². The number of nitrogens with zero attached hydrogens (tertiary/aromatic N) is 2. The molecule has 0 spiro atoms. The van der Waals surface area contributed by atoms with E-state index in [0.717, 1.165) is 10.4 Å². The molecular formula is C15H14N2O3S. The van der Waals surface area contributed by atoms with Crippen molar-refractivity contribution in [1.29, 1.82) is 0 Å². The van der Waals surface area contributed by atoms with Crippen LogP contribution in [0.3, 0.4) is 0 Å². The van der Waals surface area contributed by atoms with E-state index in [9.17, 15) is 10.2 Å². The summed E-state index contributed by atoms with van der Waals surface area (Å²) in [7, 11) is 0. The van der Waals surface area contributed by atoms with Crippen LogP contribution in [0.2, 0.25) is 0 Å². The summed E-state index contributed by atoms with van der Waals surface area (Å²) in [6.07, 6.45) is 0. The van der Waals surface area contributed by atoms with Gasteiger partial charge in [0.05, 0.1) is 11.5 Å². The first-order chi connectivity index (χ1) is 10.2. The molecule has 2 N–H and O–H groups in total. The highest BCUT2D eigenvalue weighted by molar-refractivity contribution is 7.12. The summed E-state index contributed by atoms with van der Waals surface area (Å²) in [5, 5.41) is 22.7. The predicted octanol–water partition coefficient (Wildman–Crippen LogP) is 3.23. The smallest absolute Gasteiger partial charge is 0.253 e. The number of amidine groups is 1. The quantitative estimate of drug-likeness (QED) is 0.910. The van der Waals surface area contributed by atoms with Gasteiger partial charge in [-0.2, -0.15) is 4.99 Å². The zero-order valence-electron chi connectivity index (χ0n) is 11.1. The van der Waals surface area contributed by atoms with E-state index < -0.39 is 0 Å². The van der Waals surface area contributed by atoms with Crippen LogP contribution in [0.25, 0.3) is 0 Å². The minimum absolute atomic E-state index is 0.0649. The second-order valence-corrected chi connectivity index (χ2v) is 5.43. The molecule has 0 saturated heterocycles. The van der Waals surface area contributed by atoms with Gasteiger partial charge >= 0.3 is 0 Å². The van der Waals surface area contributed by atoms with Crippen LogP contribution in [0.5, 0.6) is 0 Å². The highest BCUT2D eigenvalue weighted by Gasteiger charge is 2.24. The Morgan fingerprint density at radius 1 is 1.14 bits per heavy atom. The third-order valence-corrected chi connectivity index (χ3v) is 3.84. The monoisotopic (exact) mass is 302 g/mol. The van der Waals surface area contributed by atoms with Crippen LogP contribution in [0.15, 0.2) is 64.5 Å². The van der Waals surface area contributed by atoms with Crippen molar-refractivity contribution in [2.75, 3.05) is 6.54 Å². The van der Waals surface area contributed by atoms with Crippen molar-refractivity contribution in [1.82, 2.24) is 5.06 Å². The molecule has 0 fully saturated rings. The van der Waals surface area contributed by atoms with Crippen molar-refractivity contribution in [3.63, 3.8) is 0 Å². The number of aliphatic hydroxyl groups excluding tert-OH is 2. The van der Waals surface area contributed by atoms with E-state index in [4.69, 9.17) is 4.84 Å². The van der Waals surface area contributed by atoms with Gasteiger partial charge in [0.2, 0.25) is 0 Å². The molecule has 1 aromatic heterocycles. The van der Waals surface area contributed by atoms with E-state index in [1.807, 2.05) is 47.8 Å². The molecule has 108 valence electrons. The third kappa shape index (κ3) is 3.07. The van der Waals surface area contributed by atoms with Gasteiger partial charge in [-0.15, -0.1) is 11.3 Å². The van der Waals surface area contributed by atoms with Crippen LogP contribution in [0, 0.1) is 0 Å². The lowest BCUT2D eigenvalue weighted by atomic mass is 10.2. The van der Waals surface area contributed by atoms with E-state index in [0.29, 0.717) is 12.4 Å². The first kappa shape index (κ1) is 13.7. The molecule has 1 aliphatic heterocycles. The Morgan fingerprint density at radius 3 is 2.67 bits per heavy atom. The molecule has 0 amide bonds. The lowest BCUT2D eigenvalue weighted by Gasteiger charge is -2.27. The van der Waals surface area contributed by atoms with Gasteiger partial charge in [0.15, 0.2) is 11.6 Å². The van der Waals surface area contributed by atoms with Crippen molar-refractivity contribution in [2.24, 2.45) is 4.99 Å². The van der Waals surface area contributed by atoms with E-state index in [1.165, 1.54) is 16.4 Å². The van der Waals surface area contributed by atoms with Gasteiger partial charge in [-0.05, 0) is 17.0 Å². The fraction of sp³-hybridized carbons (Fsp3) is 0.133. The molecule has 1 aromatic carbocycles. The molecule has 0 atom stereocenters. The Morgan fingerprint density at radius 2 is 1.95 bits per heavy atom. The number of hydrogen-bond acceptors (Lipinski definition) is 6. The van der Waals surface area contributed by atoms with Crippen molar-refractivity contribution in [3.05, 3.63) is 69.9 Å². The van der Waals surface area contributed by atoms with Gasteiger partial charge in [0, 0.05) is 0 Å². The maximum atomic E-state index is 9.66. The highest BCUT2D eigenvalue weighted by Crippen LogP contribution is 2.21. The van der Waals surface area contributed by atoms with Gasteiger partial charge in [-0.1, -0.05) is 36.4 Å². The second-order valence-electron chi connectivity index (χ2n) is 4.48. The average Bonchev–Trinajstić information content (AvgIpc) is 3.03. The largest absolute Gasteiger partial charge is 0.505 e. The number of aliphatic imine (C=N–C) groups is 1. The average molecular weight is 302 g/mol. The Balaban J connectivity index is 1.79. The van der Waals surface area contributed by atoms with Crippen LogP contribution in [-0.4, -0.2) is 27.7 Å². The molecular weight excluding hydrogens is 288 g/mol. The summed E-state index contributed by atoms with van der Waals surface area (Å²) < 4.78 is 0. The molecule has 0 unspecified atom stereocenters.